The second kappa shape index (κ2) is 7.47. The number of nitrogens with zero attached hydrogens (tertiary/aromatic N) is 3. The van der Waals surface area contributed by atoms with Gasteiger partial charge in [0.25, 0.3) is 5.91 Å². The van der Waals surface area contributed by atoms with Gasteiger partial charge in [0.2, 0.25) is 5.91 Å². The number of hydrogen-bond acceptors (Lipinski definition) is 4. The van der Waals surface area contributed by atoms with Crippen LogP contribution in [0.4, 0.5) is 5.69 Å². The van der Waals surface area contributed by atoms with Gasteiger partial charge in [-0.2, -0.15) is 0 Å². The highest BCUT2D eigenvalue weighted by Crippen LogP contribution is 2.20. The quantitative estimate of drug-likeness (QED) is 0.695. The Labute approximate surface area is 162 Å². The number of hydrogen-bond donors (Lipinski definition) is 2. The predicted octanol–water partition coefficient (Wildman–Crippen LogP) is 0.666. The molecule has 1 fully saturated rings. The molecule has 2 N–H and O–H groups in total. The van der Waals surface area contributed by atoms with Crippen molar-refractivity contribution in [3.8, 4) is 0 Å². The molecule has 0 atom stereocenters. The van der Waals surface area contributed by atoms with Gasteiger partial charge >= 0.3 is 0 Å². The highest BCUT2D eigenvalue weighted by molar-refractivity contribution is 6.03. The van der Waals surface area contributed by atoms with Crippen LogP contribution >= 0.6 is 0 Å². The number of quaternary nitrogens is 1. The molecule has 0 unspecified atom stereocenters. The van der Waals surface area contributed by atoms with Crippen molar-refractivity contribution in [2.24, 2.45) is 7.05 Å². The Balaban J connectivity index is 1.47. The Morgan fingerprint density at radius 2 is 2.04 bits per heavy atom. The van der Waals surface area contributed by atoms with Gasteiger partial charge in [0, 0.05) is 19.7 Å². The molecule has 0 spiro atoms. The summed E-state index contributed by atoms with van der Waals surface area (Å²) in [6.07, 6.45) is 1.47. The molecule has 28 heavy (non-hydrogen) atoms. The van der Waals surface area contributed by atoms with Crippen LogP contribution in [0.3, 0.4) is 0 Å². The molecule has 0 aliphatic carbocycles. The first-order valence-electron chi connectivity index (χ1n) is 9.40. The second-order valence-corrected chi connectivity index (χ2v) is 7.15. The molecule has 3 heterocycles. The number of fused-ring (bicyclic) bond motifs is 1. The van der Waals surface area contributed by atoms with E-state index in [0.717, 1.165) is 49.6 Å². The normalized spacial score (nSPS) is 15.1. The summed E-state index contributed by atoms with van der Waals surface area (Å²) in [4.78, 5) is 31.7. The van der Waals surface area contributed by atoms with Crippen molar-refractivity contribution in [2.45, 2.75) is 13.5 Å². The zero-order valence-electron chi connectivity index (χ0n) is 16.1. The van der Waals surface area contributed by atoms with Gasteiger partial charge in [-0.15, -0.1) is 0 Å². The summed E-state index contributed by atoms with van der Waals surface area (Å²) < 4.78 is 7.22. The van der Waals surface area contributed by atoms with Gasteiger partial charge < -0.3 is 24.1 Å². The van der Waals surface area contributed by atoms with E-state index < -0.39 is 0 Å². The van der Waals surface area contributed by atoms with Crippen LogP contribution in [0.15, 0.2) is 41.0 Å². The topological polar surface area (TPSA) is 84.8 Å². The highest BCUT2D eigenvalue weighted by atomic mass is 16.3. The fraction of sp³-hybridized carbons (Fsp3) is 0.350. The first-order chi connectivity index (χ1) is 13.5. The molecule has 0 bridgehead atoms. The molecule has 4 rings (SSSR count). The van der Waals surface area contributed by atoms with Gasteiger partial charge in [-0.3, -0.25) is 9.59 Å². The number of benzene rings is 1. The minimum Gasteiger partial charge on any atom is -0.459 e. The van der Waals surface area contributed by atoms with Crippen molar-refractivity contribution in [1.82, 2.24) is 14.5 Å². The van der Waals surface area contributed by atoms with E-state index in [-0.39, 0.29) is 17.6 Å². The third-order valence-corrected chi connectivity index (χ3v) is 5.30. The molecule has 8 nitrogen and oxygen atoms in total. The Morgan fingerprint density at radius 3 is 2.71 bits per heavy atom. The first kappa shape index (κ1) is 18.2. The maximum Gasteiger partial charge on any atom is 0.291 e. The number of piperazine rings is 1. The average Bonchev–Trinajstić information content (AvgIpc) is 3.31. The Bertz CT molecular complexity index is 1000. The lowest BCUT2D eigenvalue weighted by atomic mass is 10.2. The largest absolute Gasteiger partial charge is 0.459 e. The highest BCUT2D eigenvalue weighted by Gasteiger charge is 2.23. The number of amides is 2. The average molecular weight is 382 g/mol. The van der Waals surface area contributed by atoms with E-state index in [1.807, 2.05) is 30.1 Å². The van der Waals surface area contributed by atoms with Crippen molar-refractivity contribution in [3.63, 3.8) is 0 Å². The zero-order chi connectivity index (χ0) is 19.7. The summed E-state index contributed by atoms with van der Waals surface area (Å²) in [7, 11) is 2.01. The van der Waals surface area contributed by atoms with Gasteiger partial charge in [0.05, 0.1) is 43.5 Å². The minimum atomic E-state index is -0.284. The van der Waals surface area contributed by atoms with Gasteiger partial charge in [-0.25, -0.2) is 4.98 Å². The van der Waals surface area contributed by atoms with E-state index in [9.17, 15) is 9.59 Å². The number of imidazole rings is 1. The van der Waals surface area contributed by atoms with Crippen molar-refractivity contribution in [1.29, 1.82) is 0 Å². The number of carbonyl (C=O) groups is 2. The molecule has 2 amide bonds. The molecule has 1 aliphatic rings. The Kier molecular flexibility index (Phi) is 4.87. The number of anilines is 1. The standard InChI is InChI=1S/C20H23N5O3/c1-14(26)25-9-7-24(8-10-25)13-19-22-16-12-15(5-6-17(16)23(19)2)21-20(27)18-4-3-11-28-18/h3-6,11-12H,7-10,13H2,1-2H3,(H,21,27)/p+1. The van der Waals surface area contributed by atoms with Crippen LogP contribution in [0.25, 0.3) is 11.0 Å². The fourth-order valence-corrected chi connectivity index (χ4v) is 3.62. The molecule has 0 radical (unpaired) electrons. The monoisotopic (exact) mass is 382 g/mol. The van der Waals surface area contributed by atoms with Crippen LogP contribution in [0.1, 0.15) is 23.3 Å². The van der Waals surface area contributed by atoms with Crippen molar-refractivity contribution in [3.05, 3.63) is 48.2 Å². The molecule has 1 aliphatic heterocycles. The third-order valence-electron chi connectivity index (χ3n) is 5.30. The molecule has 0 saturated carbocycles. The van der Waals surface area contributed by atoms with E-state index in [0.29, 0.717) is 5.69 Å². The molecule has 146 valence electrons. The molecule has 1 saturated heterocycles. The summed E-state index contributed by atoms with van der Waals surface area (Å²) in [6, 6.07) is 9.02. The van der Waals surface area contributed by atoms with Gasteiger partial charge in [-0.1, -0.05) is 0 Å². The number of carbonyl (C=O) groups excluding carboxylic acids is 2. The lowest BCUT2D eigenvalue weighted by Crippen LogP contribution is -3.13. The Morgan fingerprint density at radius 1 is 1.25 bits per heavy atom. The minimum absolute atomic E-state index is 0.144. The SMILES string of the molecule is CC(=O)N1CC[NH+](Cc2nc3cc(NC(=O)c4ccco4)ccc3n2C)CC1. The molecule has 2 aromatic heterocycles. The lowest BCUT2D eigenvalue weighted by Gasteiger charge is -2.31. The summed E-state index contributed by atoms with van der Waals surface area (Å²) >= 11 is 0. The summed E-state index contributed by atoms with van der Waals surface area (Å²) in [5.74, 6) is 1.13. The maximum absolute atomic E-state index is 12.2. The summed E-state index contributed by atoms with van der Waals surface area (Å²) in [5, 5.41) is 2.84. The first-order valence-corrected chi connectivity index (χ1v) is 9.40. The van der Waals surface area contributed by atoms with Crippen LogP contribution in [-0.4, -0.2) is 52.4 Å². The fourth-order valence-electron chi connectivity index (χ4n) is 3.62. The van der Waals surface area contributed by atoms with Crippen LogP contribution < -0.4 is 10.2 Å². The van der Waals surface area contributed by atoms with Crippen LogP contribution in [0, 0.1) is 0 Å². The number of aromatic nitrogens is 2. The third kappa shape index (κ3) is 3.63. The van der Waals surface area contributed by atoms with Gasteiger partial charge in [0.1, 0.15) is 6.54 Å². The zero-order valence-corrected chi connectivity index (χ0v) is 16.1. The summed E-state index contributed by atoms with van der Waals surface area (Å²) in [5.41, 5.74) is 2.55. The molecule has 1 aromatic carbocycles. The molecule has 8 heteroatoms. The summed E-state index contributed by atoms with van der Waals surface area (Å²) in [6.45, 7) is 5.86. The predicted molar refractivity (Wildman–Crippen MR) is 104 cm³/mol. The number of rotatable bonds is 4. The Hall–Kier alpha value is -3.13. The second-order valence-electron chi connectivity index (χ2n) is 7.15. The molecular weight excluding hydrogens is 358 g/mol. The van der Waals surface area contributed by atoms with E-state index in [4.69, 9.17) is 9.40 Å². The van der Waals surface area contributed by atoms with Gasteiger partial charge in [-0.05, 0) is 30.3 Å². The van der Waals surface area contributed by atoms with Crippen molar-refractivity contribution in [2.75, 3.05) is 31.5 Å². The maximum atomic E-state index is 12.2. The van der Waals surface area contributed by atoms with E-state index in [2.05, 4.69) is 9.88 Å². The number of nitrogens with one attached hydrogen (secondary N) is 2. The molecular formula is C20H24N5O3+. The van der Waals surface area contributed by atoms with E-state index >= 15 is 0 Å². The van der Waals surface area contributed by atoms with E-state index in [1.165, 1.54) is 11.2 Å². The molecule has 3 aromatic rings. The van der Waals surface area contributed by atoms with Crippen molar-refractivity contribution >= 4 is 28.5 Å². The van der Waals surface area contributed by atoms with Crippen LogP contribution in [0.5, 0.6) is 0 Å². The van der Waals surface area contributed by atoms with Crippen LogP contribution in [0.2, 0.25) is 0 Å². The van der Waals surface area contributed by atoms with E-state index in [1.54, 1.807) is 19.1 Å². The van der Waals surface area contributed by atoms with Crippen LogP contribution in [-0.2, 0) is 18.4 Å². The smallest absolute Gasteiger partial charge is 0.291 e. The lowest BCUT2D eigenvalue weighted by molar-refractivity contribution is -0.918. The number of furan rings is 1. The van der Waals surface area contributed by atoms with Gasteiger partial charge in [0.15, 0.2) is 11.6 Å². The van der Waals surface area contributed by atoms with Crippen molar-refractivity contribution < 1.29 is 18.9 Å². The number of aryl methyl sites for hydroxylation is 1.